The average Bonchev–Trinajstić information content (AvgIpc) is 3.83. The summed E-state index contributed by atoms with van der Waals surface area (Å²) < 4.78 is 6.19. The van der Waals surface area contributed by atoms with Crippen molar-refractivity contribution in [2.75, 3.05) is 0 Å². The maximum atomic E-state index is 6.19. The van der Waals surface area contributed by atoms with Gasteiger partial charge in [0.1, 0.15) is 0 Å². The Balaban J connectivity index is 0.00000560. The molecular formula is C66H46IrN4O-2. The Morgan fingerprint density at radius 2 is 0.986 bits per heavy atom. The summed E-state index contributed by atoms with van der Waals surface area (Å²) in [5.41, 5.74) is 20.9. The molecule has 0 fully saturated rings. The zero-order valence-electron chi connectivity index (χ0n) is 39.3. The predicted molar refractivity (Wildman–Crippen MR) is 288 cm³/mol. The molecule has 0 unspecified atom stereocenters. The summed E-state index contributed by atoms with van der Waals surface area (Å²) in [4.78, 5) is 19.3. The van der Waals surface area contributed by atoms with Crippen LogP contribution in [0, 0.1) is 12.1 Å². The number of pyridine rings is 4. The van der Waals surface area contributed by atoms with Crippen molar-refractivity contribution in [3.63, 3.8) is 0 Å². The first-order chi connectivity index (χ1) is 35.1. The zero-order chi connectivity index (χ0) is 47.3. The molecule has 5 aromatic heterocycles. The zero-order valence-corrected chi connectivity index (χ0v) is 41.7. The van der Waals surface area contributed by atoms with Crippen LogP contribution >= 0.6 is 0 Å². The molecule has 0 amide bonds. The molecule has 6 heteroatoms. The van der Waals surface area contributed by atoms with Gasteiger partial charge >= 0.3 is 0 Å². The van der Waals surface area contributed by atoms with Gasteiger partial charge in [0.05, 0.1) is 11.3 Å². The van der Waals surface area contributed by atoms with Crippen LogP contribution in [-0.2, 0) is 45.8 Å². The summed E-state index contributed by atoms with van der Waals surface area (Å²) in [7, 11) is 0. The number of aromatic nitrogens is 4. The maximum Gasteiger partial charge on any atom is 0.215 e. The number of aryl methyl sites for hydroxylation is 4. The second-order valence-corrected chi connectivity index (χ2v) is 18.0. The Morgan fingerprint density at radius 1 is 0.361 bits per heavy atom. The van der Waals surface area contributed by atoms with E-state index in [9.17, 15) is 0 Å². The molecule has 72 heavy (non-hydrogen) atoms. The molecule has 0 N–H and O–H groups in total. The topological polar surface area (TPSA) is 64.7 Å². The molecule has 347 valence electrons. The second kappa shape index (κ2) is 20.9. The minimum atomic E-state index is 0. The van der Waals surface area contributed by atoms with E-state index in [2.05, 4.69) is 187 Å². The summed E-state index contributed by atoms with van der Waals surface area (Å²) in [6.07, 6.45) is 11.3. The van der Waals surface area contributed by atoms with Gasteiger partial charge in [0.25, 0.3) is 0 Å². The average molecular weight is 1100 g/mol. The van der Waals surface area contributed by atoms with Gasteiger partial charge in [-0.3, -0.25) is 4.98 Å². The van der Waals surface area contributed by atoms with E-state index >= 15 is 0 Å². The van der Waals surface area contributed by atoms with Crippen molar-refractivity contribution < 1.29 is 24.5 Å². The minimum absolute atomic E-state index is 0. The third-order valence-corrected chi connectivity index (χ3v) is 13.3. The van der Waals surface area contributed by atoms with Gasteiger partial charge in [-0.2, -0.15) is 0 Å². The maximum absolute atomic E-state index is 6.19. The van der Waals surface area contributed by atoms with E-state index in [-0.39, 0.29) is 20.1 Å². The van der Waals surface area contributed by atoms with Gasteiger partial charge in [0.15, 0.2) is 0 Å². The molecule has 0 spiro atoms. The molecule has 12 rings (SSSR count). The van der Waals surface area contributed by atoms with Crippen molar-refractivity contribution in [2.45, 2.75) is 25.7 Å². The molecule has 0 saturated heterocycles. The Labute approximate surface area is 433 Å². The van der Waals surface area contributed by atoms with Crippen LogP contribution in [0.1, 0.15) is 22.3 Å². The molecule has 0 aliphatic heterocycles. The van der Waals surface area contributed by atoms with Crippen LogP contribution < -0.4 is 0 Å². The molecule has 5 nitrogen and oxygen atoms in total. The van der Waals surface area contributed by atoms with Crippen molar-refractivity contribution in [3.05, 3.63) is 265 Å². The smallest absolute Gasteiger partial charge is 0.215 e. The second-order valence-electron chi connectivity index (χ2n) is 18.0. The third kappa shape index (κ3) is 9.84. The SMILES string of the molecule is [Ir].[c-]1ccccc1-c1ccc(CCc2cc(CCc3ccc(-c4ccccc4)nc3)cc(-c3ccccc3-c3cnc(-c4[c-]c5oc6ncccc6c5cc4)cc3-c3ccc(-c4ccccc4)cc3)c2)cn1. The van der Waals surface area contributed by atoms with Crippen LogP contribution in [0.15, 0.2) is 235 Å². The van der Waals surface area contributed by atoms with Crippen LogP contribution in [0.25, 0.3) is 100 Å². The number of hydrogen-bond acceptors (Lipinski definition) is 5. The van der Waals surface area contributed by atoms with Gasteiger partial charge in [0.2, 0.25) is 5.71 Å². The first-order valence-corrected chi connectivity index (χ1v) is 24.2. The van der Waals surface area contributed by atoms with Crippen LogP contribution in [0.3, 0.4) is 0 Å². The predicted octanol–water partition coefficient (Wildman–Crippen LogP) is 16.0. The summed E-state index contributed by atoms with van der Waals surface area (Å²) >= 11 is 0. The Bertz CT molecular complexity index is 3680. The van der Waals surface area contributed by atoms with Gasteiger partial charge in [-0.1, -0.05) is 169 Å². The van der Waals surface area contributed by atoms with Gasteiger partial charge < -0.3 is 14.4 Å². The van der Waals surface area contributed by atoms with Crippen molar-refractivity contribution >= 4 is 22.1 Å². The fraction of sp³-hybridized carbons (Fsp3) is 0.0606. The first-order valence-electron chi connectivity index (χ1n) is 24.2. The Morgan fingerprint density at radius 3 is 1.68 bits per heavy atom. The van der Waals surface area contributed by atoms with Crippen LogP contribution in [-0.4, -0.2) is 19.9 Å². The molecule has 0 bridgehead atoms. The van der Waals surface area contributed by atoms with E-state index in [0.29, 0.717) is 11.3 Å². The van der Waals surface area contributed by atoms with E-state index in [1.807, 2.05) is 55.0 Å². The van der Waals surface area contributed by atoms with E-state index in [1.54, 1.807) is 6.20 Å². The van der Waals surface area contributed by atoms with Crippen LogP contribution in [0.2, 0.25) is 0 Å². The molecule has 12 aromatic rings. The number of benzene rings is 7. The Kier molecular flexibility index (Phi) is 13.4. The summed E-state index contributed by atoms with van der Waals surface area (Å²) in [6, 6.07) is 79.5. The Hall–Kier alpha value is -8.41. The van der Waals surface area contributed by atoms with Crippen molar-refractivity contribution in [1.29, 1.82) is 0 Å². The summed E-state index contributed by atoms with van der Waals surface area (Å²) in [6.45, 7) is 0. The van der Waals surface area contributed by atoms with Gasteiger partial charge in [-0.05, 0) is 110 Å². The van der Waals surface area contributed by atoms with E-state index in [0.717, 1.165) is 104 Å². The van der Waals surface area contributed by atoms with E-state index < -0.39 is 0 Å². The monoisotopic (exact) mass is 1100 g/mol. The van der Waals surface area contributed by atoms with Crippen LogP contribution in [0.4, 0.5) is 0 Å². The summed E-state index contributed by atoms with van der Waals surface area (Å²) in [5, 5.41) is 1.95. The van der Waals surface area contributed by atoms with Gasteiger partial charge in [0, 0.05) is 61.4 Å². The van der Waals surface area contributed by atoms with E-state index in [1.165, 1.54) is 33.4 Å². The molecule has 0 saturated carbocycles. The van der Waals surface area contributed by atoms with E-state index in [4.69, 9.17) is 19.4 Å². The minimum Gasteiger partial charge on any atom is -0.459 e. The van der Waals surface area contributed by atoms with Crippen molar-refractivity contribution in [2.24, 2.45) is 0 Å². The number of furan rings is 1. The molecule has 1 radical (unpaired) electrons. The molecule has 0 atom stereocenters. The largest absolute Gasteiger partial charge is 0.459 e. The number of hydrogen-bond donors (Lipinski definition) is 0. The fourth-order valence-corrected chi connectivity index (χ4v) is 9.61. The number of fused-ring (bicyclic) bond motifs is 3. The molecular weight excluding hydrogens is 1060 g/mol. The van der Waals surface area contributed by atoms with Gasteiger partial charge in [-0.15, -0.1) is 53.6 Å². The first kappa shape index (κ1) is 46.0. The molecule has 7 aromatic carbocycles. The van der Waals surface area contributed by atoms with Crippen molar-refractivity contribution in [1.82, 2.24) is 19.9 Å². The normalized spacial score (nSPS) is 11.2. The van der Waals surface area contributed by atoms with Crippen LogP contribution in [0.5, 0.6) is 0 Å². The summed E-state index contributed by atoms with van der Waals surface area (Å²) in [5.74, 6) is 0. The molecule has 0 aliphatic rings. The third-order valence-electron chi connectivity index (χ3n) is 13.3. The van der Waals surface area contributed by atoms with Gasteiger partial charge in [-0.25, -0.2) is 4.98 Å². The standard InChI is InChI=1S/C66H46N4O.Ir/c1-4-13-49(14-5-1)50-28-30-51(31-29-50)60-41-64(54-32-33-58-59-21-12-36-67-66(59)71-65(58)40-54)70-44-61(60)57-20-11-10-19-56(57)55-38-47(24-22-45-26-34-62(68-42-45)52-15-6-2-7-16-52)37-48(39-55)25-23-46-27-35-63(69-43-46)53-17-8-3-9-18-53;/h1-17,19-21,26-39,41-44H,22-25H2;/q-2;. The van der Waals surface area contributed by atoms with Crippen molar-refractivity contribution in [3.8, 4) is 78.3 Å². The molecule has 5 heterocycles. The number of nitrogens with zero attached hydrogens (tertiary/aromatic N) is 4. The quantitative estimate of drug-likeness (QED) is 0.108. The molecule has 0 aliphatic carbocycles. The fourth-order valence-electron chi connectivity index (χ4n) is 9.61. The number of rotatable bonds is 13.